The molecule has 0 bridgehead atoms. The second kappa shape index (κ2) is 6.83. The quantitative estimate of drug-likeness (QED) is 0.725. The number of aryl methyl sites for hydroxylation is 1. The molecule has 0 aromatic heterocycles. The van der Waals surface area contributed by atoms with Crippen LogP contribution < -0.4 is 14.6 Å². The van der Waals surface area contributed by atoms with Crippen molar-refractivity contribution >= 4 is 19.4 Å². The Morgan fingerprint density at radius 3 is 2.35 bits per heavy atom. The monoisotopic (exact) mass is 337 g/mol. The van der Waals surface area contributed by atoms with E-state index < -0.39 is 7.82 Å². The van der Waals surface area contributed by atoms with Gasteiger partial charge < -0.3 is 14.6 Å². The number of phosphoric acid groups is 1. The summed E-state index contributed by atoms with van der Waals surface area (Å²) >= 11 is 0. The van der Waals surface area contributed by atoms with Gasteiger partial charge in [0, 0.05) is 17.3 Å². The Kier molecular flexibility index (Phi) is 5.05. The van der Waals surface area contributed by atoms with Crippen molar-refractivity contribution in [2.24, 2.45) is 0 Å². The van der Waals surface area contributed by atoms with Crippen LogP contribution in [0, 0.1) is 6.92 Å². The average molecular weight is 337 g/mol. The number of methoxy groups -OCH3 is 1. The maximum Gasteiger partial charge on any atom is 0.524 e. The van der Waals surface area contributed by atoms with Crippen LogP contribution in [-0.2, 0) is 4.57 Å². The molecule has 1 amide bonds. The second-order valence-electron chi connectivity index (χ2n) is 4.74. The number of amides is 1. The molecule has 7 nitrogen and oxygen atoms in total. The van der Waals surface area contributed by atoms with Crippen LogP contribution in [0.15, 0.2) is 42.5 Å². The lowest BCUT2D eigenvalue weighted by Gasteiger charge is -2.12. The number of hydrogen-bond donors (Lipinski definition) is 3. The third-order valence-corrected chi connectivity index (χ3v) is 3.45. The van der Waals surface area contributed by atoms with Crippen LogP contribution in [0.5, 0.6) is 11.5 Å². The Morgan fingerprint density at radius 2 is 1.78 bits per heavy atom. The van der Waals surface area contributed by atoms with Gasteiger partial charge in [0.05, 0.1) is 7.11 Å². The van der Waals surface area contributed by atoms with E-state index in [4.69, 9.17) is 14.5 Å². The summed E-state index contributed by atoms with van der Waals surface area (Å²) in [6.45, 7) is 1.64. The topological polar surface area (TPSA) is 105 Å². The Bertz CT molecular complexity index is 753. The molecule has 23 heavy (non-hydrogen) atoms. The van der Waals surface area contributed by atoms with Gasteiger partial charge >= 0.3 is 7.82 Å². The van der Waals surface area contributed by atoms with Crippen molar-refractivity contribution in [3.63, 3.8) is 0 Å². The first-order valence-electron chi connectivity index (χ1n) is 6.60. The zero-order valence-corrected chi connectivity index (χ0v) is 13.4. The van der Waals surface area contributed by atoms with Crippen molar-refractivity contribution in [3.05, 3.63) is 53.6 Å². The molecule has 0 saturated heterocycles. The first-order chi connectivity index (χ1) is 10.8. The molecular formula is C15H16NO6P. The van der Waals surface area contributed by atoms with Crippen LogP contribution in [-0.4, -0.2) is 22.8 Å². The van der Waals surface area contributed by atoms with E-state index in [2.05, 4.69) is 9.84 Å². The van der Waals surface area contributed by atoms with Crippen LogP contribution in [0.3, 0.4) is 0 Å². The maximum absolute atomic E-state index is 12.1. The van der Waals surface area contributed by atoms with Gasteiger partial charge in [-0.15, -0.1) is 0 Å². The van der Waals surface area contributed by atoms with Crippen molar-refractivity contribution in [3.8, 4) is 11.5 Å². The fourth-order valence-electron chi connectivity index (χ4n) is 1.85. The van der Waals surface area contributed by atoms with Crippen molar-refractivity contribution in [2.75, 3.05) is 12.4 Å². The van der Waals surface area contributed by atoms with Gasteiger partial charge in [-0.05, 0) is 42.8 Å². The first kappa shape index (κ1) is 17.0. The highest BCUT2D eigenvalue weighted by atomic mass is 31.2. The Labute approximate surface area is 133 Å². The van der Waals surface area contributed by atoms with Gasteiger partial charge in [0.2, 0.25) is 0 Å². The third-order valence-electron chi connectivity index (χ3n) is 3.02. The van der Waals surface area contributed by atoms with E-state index in [1.165, 1.54) is 13.2 Å². The van der Waals surface area contributed by atoms with E-state index in [0.29, 0.717) is 22.6 Å². The van der Waals surface area contributed by atoms with Gasteiger partial charge in [0.15, 0.2) is 0 Å². The molecule has 0 aliphatic carbocycles. The Morgan fingerprint density at radius 1 is 1.13 bits per heavy atom. The van der Waals surface area contributed by atoms with Crippen molar-refractivity contribution in [2.45, 2.75) is 6.92 Å². The highest BCUT2D eigenvalue weighted by molar-refractivity contribution is 7.46. The highest BCUT2D eigenvalue weighted by Gasteiger charge is 2.18. The molecule has 2 aromatic carbocycles. The van der Waals surface area contributed by atoms with E-state index in [0.717, 1.165) is 0 Å². The molecule has 2 aromatic rings. The standard InChI is InChI=1S/C15H16NO6P/c1-10-3-6-12(9-14(10)22-23(18,19)20)16-15(17)11-4-7-13(21-2)8-5-11/h3-9H,1-2H3,(H,16,17)(H2,18,19,20). The molecule has 0 saturated carbocycles. The fraction of sp³-hybridized carbons (Fsp3) is 0.133. The summed E-state index contributed by atoms with van der Waals surface area (Å²) in [4.78, 5) is 29.9. The maximum atomic E-state index is 12.1. The van der Waals surface area contributed by atoms with Gasteiger partial charge in [-0.3, -0.25) is 14.6 Å². The van der Waals surface area contributed by atoms with Crippen LogP contribution in [0.4, 0.5) is 5.69 Å². The molecule has 2 rings (SSSR count). The minimum Gasteiger partial charge on any atom is -0.497 e. The van der Waals surface area contributed by atoms with Gasteiger partial charge in [-0.2, -0.15) is 0 Å². The van der Waals surface area contributed by atoms with Crippen molar-refractivity contribution in [1.82, 2.24) is 0 Å². The predicted octanol–water partition coefficient (Wildman–Crippen LogP) is 2.73. The van der Waals surface area contributed by atoms with Gasteiger partial charge in [0.1, 0.15) is 11.5 Å². The van der Waals surface area contributed by atoms with E-state index in [-0.39, 0.29) is 11.7 Å². The number of rotatable bonds is 5. The molecule has 0 radical (unpaired) electrons. The van der Waals surface area contributed by atoms with E-state index in [1.807, 2.05) is 0 Å². The Balaban J connectivity index is 2.17. The minimum absolute atomic E-state index is 0.00543. The van der Waals surface area contributed by atoms with Gasteiger partial charge in [-0.25, -0.2) is 4.57 Å². The summed E-state index contributed by atoms with van der Waals surface area (Å²) in [7, 11) is -3.13. The summed E-state index contributed by atoms with van der Waals surface area (Å²) in [5.41, 5.74) is 1.32. The Hall–Kier alpha value is -2.34. The number of carbonyl (C=O) groups excluding carboxylic acids is 1. The molecule has 3 N–H and O–H groups in total. The number of hydrogen-bond acceptors (Lipinski definition) is 4. The minimum atomic E-state index is -4.66. The lowest BCUT2D eigenvalue weighted by atomic mass is 10.1. The summed E-state index contributed by atoms with van der Waals surface area (Å²) in [6, 6.07) is 11.1. The number of phosphoric ester groups is 1. The number of anilines is 1. The lowest BCUT2D eigenvalue weighted by Crippen LogP contribution is -2.11. The summed E-state index contributed by atoms with van der Waals surface area (Å²) in [5.74, 6) is 0.277. The molecule has 0 fully saturated rings. The number of nitrogens with one attached hydrogen (secondary N) is 1. The van der Waals surface area contributed by atoms with Gasteiger partial charge in [-0.1, -0.05) is 6.07 Å². The largest absolute Gasteiger partial charge is 0.524 e. The molecule has 0 spiro atoms. The molecule has 0 heterocycles. The molecule has 122 valence electrons. The molecule has 0 aliphatic rings. The lowest BCUT2D eigenvalue weighted by molar-refractivity contribution is 0.102. The van der Waals surface area contributed by atoms with Crippen molar-refractivity contribution in [1.29, 1.82) is 0 Å². The number of ether oxygens (including phenoxy) is 1. The fourth-order valence-corrected chi connectivity index (χ4v) is 2.30. The molecule has 0 aliphatic heterocycles. The van der Waals surface area contributed by atoms with E-state index in [9.17, 15) is 9.36 Å². The summed E-state index contributed by atoms with van der Waals surface area (Å²) in [6.07, 6.45) is 0. The zero-order valence-electron chi connectivity index (χ0n) is 12.5. The molecular weight excluding hydrogens is 321 g/mol. The molecule has 0 unspecified atom stereocenters. The molecule has 8 heteroatoms. The third kappa shape index (κ3) is 4.82. The second-order valence-corrected chi connectivity index (χ2v) is 5.91. The smallest absolute Gasteiger partial charge is 0.497 e. The summed E-state index contributed by atoms with van der Waals surface area (Å²) in [5, 5.41) is 2.64. The normalized spacial score (nSPS) is 11.0. The van der Waals surface area contributed by atoms with Crippen LogP contribution in [0.25, 0.3) is 0 Å². The highest BCUT2D eigenvalue weighted by Crippen LogP contribution is 2.39. The average Bonchev–Trinajstić information content (AvgIpc) is 2.49. The van der Waals surface area contributed by atoms with Gasteiger partial charge in [0.25, 0.3) is 5.91 Å². The predicted molar refractivity (Wildman–Crippen MR) is 84.8 cm³/mol. The SMILES string of the molecule is COc1ccc(C(=O)Nc2ccc(C)c(OP(=O)(O)O)c2)cc1. The van der Waals surface area contributed by atoms with Crippen LogP contribution >= 0.6 is 7.82 Å². The van der Waals surface area contributed by atoms with Crippen LogP contribution in [0.2, 0.25) is 0 Å². The van der Waals surface area contributed by atoms with E-state index in [1.54, 1.807) is 43.3 Å². The van der Waals surface area contributed by atoms with E-state index >= 15 is 0 Å². The zero-order chi connectivity index (χ0) is 17.0. The van der Waals surface area contributed by atoms with Crippen molar-refractivity contribution < 1.29 is 28.4 Å². The van der Waals surface area contributed by atoms with Crippen LogP contribution in [0.1, 0.15) is 15.9 Å². The summed E-state index contributed by atoms with van der Waals surface area (Å²) < 4.78 is 20.6. The molecule has 0 atom stereocenters. The number of benzene rings is 2. The first-order valence-corrected chi connectivity index (χ1v) is 8.13. The number of carbonyl (C=O) groups is 1.